The number of nitrogen functional groups attached to an aromatic ring is 1. The highest BCUT2D eigenvalue weighted by molar-refractivity contribution is 5.75. The van der Waals surface area contributed by atoms with Gasteiger partial charge in [-0.3, -0.25) is 0 Å². The molecule has 1 aromatic rings. The minimum absolute atomic E-state index is 0.0896. The maximum Gasteiger partial charge on any atom is 0.157 e. The van der Waals surface area contributed by atoms with E-state index in [-0.39, 0.29) is 11.1 Å². The van der Waals surface area contributed by atoms with Crippen molar-refractivity contribution in [1.82, 2.24) is 15.3 Å². The number of hydrogen-bond acceptors (Lipinski definition) is 6. The monoisotopic (exact) mass is 346 g/mol. The molecule has 6 heteroatoms. The van der Waals surface area contributed by atoms with Gasteiger partial charge in [0.2, 0.25) is 0 Å². The summed E-state index contributed by atoms with van der Waals surface area (Å²) in [6.07, 6.45) is 6.20. The summed E-state index contributed by atoms with van der Waals surface area (Å²) < 4.78 is 0. The summed E-state index contributed by atoms with van der Waals surface area (Å²) in [7, 11) is 0. The average molecular weight is 347 g/mol. The van der Waals surface area contributed by atoms with Crippen molar-refractivity contribution in [3.05, 3.63) is 6.33 Å². The van der Waals surface area contributed by atoms with Gasteiger partial charge in [-0.25, -0.2) is 9.97 Å². The summed E-state index contributed by atoms with van der Waals surface area (Å²) in [6.45, 7) is 13.4. The fourth-order valence-electron chi connectivity index (χ4n) is 4.75. The Balaban J connectivity index is 1.78. The van der Waals surface area contributed by atoms with Gasteiger partial charge in [0.15, 0.2) is 11.6 Å². The molecule has 1 atom stereocenters. The molecule has 1 aromatic heterocycles. The van der Waals surface area contributed by atoms with Gasteiger partial charge in [-0.15, -0.1) is 0 Å². The smallest absolute Gasteiger partial charge is 0.157 e. The number of aromatic nitrogens is 2. The van der Waals surface area contributed by atoms with Crippen molar-refractivity contribution in [3.63, 3.8) is 0 Å². The van der Waals surface area contributed by atoms with Crippen LogP contribution in [0.5, 0.6) is 0 Å². The lowest BCUT2D eigenvalue weighted by Gasteiger charge is -2.46. The maximum atomic E-state index is 6.47. The van der Waals surface area contributed by atoms with Crippen LogP contribution in [0, 0.1) is 5.92 Å². The molecule has 2 fully saturated rings. The predicted molar refractivity (Wildman–Crippen MR) is 105 cm³/mol. The lowest BCUT2D eigenvalue weighted by Crippen LogP contribution is -2.60. The van der Waals surface area contributed by atoms with E-state index < -0.39 is 0 Å². The molecule has 3 rings (SSSR count). The van der Waals surface area contributed by atoms with E-state index in [0.29, 0.717) is 17.6 Å². The molecule has 6 nitrogen and oxygen atoms in total. The van der Waals surface area contributed by atoms with E-state index in [4.69, 9.17) is 5.73 Å². The first kappa shape index (κ1) is 18.2. The van der Waals surface area contributed by atoms with Gasteiger partial charge in [-0.05, 0) is 59.3 Å². The zero-order valence-corrected chi connectivity index (χ0v) is 16.4. The lowest BCUT2D eigenvalue weighted by atomic mass is 9.79. The Morgan fingerprint density at radius 1 is 1.20 bits per heavy atom. The van der Waals surface area contributed by atoms with Crippen molar-refractivity contribution in [1.29, 1.82) is 0 Å². The highest BCUT2D eigenvalue weighted by atomic mass is 15.2. The third-order valence-corrected chi connectivity index (χ3v) is 5.35. The fraction of sp³-hybridized carbons (Fsp3) is 0.789. The Kier molecular flexibility index (Phi) is 4.84. The largest absolute Gasteiger partial charge is 0.393 e. The summed E-state index contributed by atoms with van der Waals surface area (Å²) in [4.78, 5) is 11.2. The van der Waals surface area contributed by atoms with E-state index >= 15 is 0 Å². The Morgan fingerprint density at radius 3 is 2.52 bits per heavy atom. The second-order valence-corrected chi connectivity index (χ2v) is 9.30. The SMILES string of the molecule is CC1CCCN(c2ncnc(NC3CC(C)(C)NC(C)(C)C3)c2N)C1. The van der Waals surface area contributed by atoms with Crippen molar-refractivity contribution in [3.8, 4) is 0 Å². The molecule has 0 amide bonds. The van der Waals surface area contributed by atoms with Crippen LogP contribution in [0.4, 0.5) is 17.3 Å². The van der Waals surface area contributed by atoms with E-state index in [9.17, 15) is 0 Å². The van der Waals surface area contributed by atoms with Crippen molar-refractivity contribution in [2.45, 2.75) is 77.4 Å². The molecule has 2 aliphatic heterocycles. The van der Waals surface area contributed by atoms with Gasteiger partial charge in [-0.2, -0.15) is 0 Å². The summed E-state index contributed by atoms with van der Waals surface area (Å²) in [5, 5.41) is 7.33. The van der Waals surface area contributed by atoms with E-state index in [1.165, 1.54) is 12.8 Å². The lowest BCUT2D eigenvalue weighted by molar-refractivity contribution is 0.170. The second-order valence-electron chi connectivity index (χ2n) is 9.30. The Labute approximate surface area is 152 Å². The van der Waals surface area contributed by atoms with Crippen LogP contribution >= 0.6 is 0 Å². The number of nitrogens with two attached hydrogens (primary N) is 1. The van der Waals surface area contributed by atoms with Gasteiger partial charge < -0.3 is 21.3 Å². The minimum Gasteiger partial charge on any atom is -0.393 e. The number of piperidine rings is 2. The first-order valence-electron chi connectivity index (χ1n) is 9.56. The second kappa shape index (κ2) is 6.63. The van der Waals surface area contributed by atoms with Crippen molar-refractivity contribution >= 4 is 17.3 Å². The fourth-order valence-corrected chi connectivity index (χ4v) is 4.75. The van der Waals surface area contributed by atoms with E-state index in [0.717, 1.165) is 37.6 Å². The van der Waals surface area contributed by atoms with E-state index in [1.807, 2.05) is 0 Å². The first-order valence-corrected chi connectivity index (χ1v) is 9.56. The highest BCUT2D eigenvalue weighted by Gasteiger charge is 2.38. The number of hydrogen-bond donors (Lipinski definition) is 3. The third kappa shape index (κ3) is 4.35. The van der Waals surface area contributed by atoms with Crippen LogP contribution in [-0.4, -0.2) is 40.2 Å². The number of rotatable bonds is 3. The Morgan fingerprint density at radius 2 is 1.88 bits per heavy atom. The van der Waals surface area contributed by atoms with E-state index in [1.54, 1.807) is 6.33 Å². The molecule has 2 saturated heterocycles. The van der Waals surface area contributed by atoms with Gasteiger partial charge in [0.05, 0.1) is 0 Å². The van der Waals surface area contributed by atoms with Crippen LogP contribution in [0.15, 0.2) is 6.33 Å². The summed E-state index contributed by atoms with van der Waals surface area (Å²) in [5.41, 5.74) is 7.33. The molecule has 0 aromatic carbocycles. The van der Waals surface area contributed by atoms with Crippen LogP contribution in [-0.2, 0) is 0 Å². The summed E-state index contributed by atoms with van der Waals surface area (Å²) in [5.74, 6) is 2.35. The van der Waals surface area contributed by atoms with Crippen LogP contribution in [0.2, 0.25) is 0 Å². The summed E-state index contributed by atoms with van der Waals surface area (Å²) in [6, 6.07) is 0.344. The number of anilines is 3. The zero-order chi connectivity index (χ0) is 18.2. The number of nitrogens with one attached hydrogen (secondary N) is 2. The molecule has 4 N–H and O–H groups in total. The van der Waals surface area contributed by atoms with Crippen LogP contribution < -0.4 is 21.3 Å². The van der Waals surface area contributed by atoms with Gasteiger partial charge in [-0.1, -0.05) is 6.92 Å². The molecule has 0 saturated carbocycles. The van der Waals surface area contributed by atoms with Crippen LogP contribution in [0.25, 0.3) is 0 Å². The molecule has 3 heterocycles. The quantitative estimate of drug-likeness (QED) is 0.781. The van der Waals surface area contributed by atoms with Crippen molar-refractivity contribution < 1.29 is 0 Å². The summed E-state index contributed by atoms with van der Waals surface area (Å²) >= 11 is 0. The molecule has 0 radical (unpaired) electrons. The normalized spacial score (nSPS) is 26.4. The van der Waals surface area contributed by atoms with Crippen LogP contribution in [0.1, 0.15) is 60.3 Å². The molecule has 2 aliphatic rings. The van der Waals surface area contributed by atoms with Gasteiger partial charge in [0, 0.05) is 30.2 Å². The maximum absolute atomic E-state index is 6.47. The molecule has 0 aliphatic carbocycles. The standard InChI is InChI=1S/C19H34N6/c1-13-7-6-8-25(11-13)17-15(20)16(21-12-22-17)23-14-9-18(2,3)24-19(4,5)10-14/h12-14,24H,6-11,20H2,1-5H3,(H,21,22,23). The third-order valence-electron chi connectivity index (χ3n) is 5.35. The van der Waals surface area contributed by atoms with Crippen molar-refractivity contribution in [2.24, 2.45) is 5.92 Å². The molecule has 1 unspecified atom stereocenters. The molecule has 0 bridgehead atoms. The molecular formula is C19H34N6. The highest BCUT2D eigenvalue weighted by Crippen LogP contribution is 2.34. The molecule has 0 spiro atoms. The first-order chi connectivity index (χ1) is 11.7. The Bertz CT molecular complexity index is 596. The van der Waals surface area contributed by atoms with E-state index in [2.05, 4.69) is 60.1 Å². The Hall–Kier alpha value is -1.56. The van der Waals surface area contributed by atoms with Crippen LogP contribution in [0.3, 0.4) is 0 Å². The predicted octanol–water partition coefficient (Wildman–Crippen LogP) is 3.02. The zero-order valence-electron chi connectivity index (χ0n) is 16.4. The minimum atomic E-state index is 0.0896. The van der Waals surface area contributed by atoms with Gasteiger partial charge >= 0.3 is 0 Å². The molecule has 25 heavy (non-hydrogen) atoms. The van der Waals surface area contributed by atoms with Gasteiger partial charge in [0.25, 0.3) is 0 Å². The molecular weight excluding hydrogens is 312 g/mol. The topological polar surface area (TPSA) is 79.1 Å². The van der Waals surface area contributed by atoms with Gasteiger partial charge in [0.1, 0.15) is 12.0 Å². The number of nitrogens with zero attached hydrogens (tertiary/aromatic N) is 3. The average Bonchev–Trinajstić information content (AvgIpc) is 2.46. The van der Waals surface area contributed by atoms with Crippen molar-refractivity contribution in [2.75, 3.05) is 29.0 Å². The molecule has 140 valence electrons.